The van der Waals surface area contributed by atoms with Crippen molar-refractivity contribution >= 4 is 15.9 Å². The highest BCUT2D eigenvalue weighted by molar-refractivity contribution is 9.10. The number of rotatable bonds is 4. The molecule has 5 heteroatoms. The van der Waals surface area contributed by atoms with Gasteiger partial charge in [0.2, 0.25) is 0 Å². The summed E-state index contributed by atoms with van der Waals surface area (Å²) in [5.41, 5.74) is 7.17. The van der Waals surface area contributed by atoms with E-state index in [1.165, 1.54) is 18.2 Å². The molecule has 0 saturated heterocycles. The molecule has 0 radical (unpaired) electrons. The Balaban J connectivity index is 2.22. The van der Waals surface area contributed by atoms with Gasteiger partial charge in [-0.1, -0.05) is 18.2 Å². The van der Waals surface area contributed by atoms with E-state index >= 15 is 0 Å². The lowest BCUT2D eigenvalue weighted by atomic mass is 10.1. The third-order valence-electron chi connectivity index (χ3n) is 2.88. The molecule has 2 rings (SSSR count). The van der Waals surface area contributed by atoms with E-state index in [2.05, 4.69) is 15.9 Å². The van der Waals surface area contributed by atoms with Gasteiger partial charge in [0.25, 0.3) is 0 Å². The van der Waals surface area contributed by atoms with E-state index in [1.807, 2.05) is 0 Å². The summed E-state index contributed by atoms with van der Waals surface area (Å²) in [6.07, 6.45) is 0. The minimum atomic E-state index is -0.400. The number of hydrogen-bond acceptors (Lipinski definition) is 2. The van der Waals surface area contributed by atoms with Crippen LogP contribution < -0.4 is 10.5 Å². The van der Waals surface area contributed by atoms with Crippen LogP contribution in [-0.4, -0.2) is 0 Å². The van der Waals surface area contributed by atoms with E-state index in [9.17, 15) is 8.78 Å². The molecular formula is C15H14BrF2NO. The summed E-state index contributed by atoms with van der Waals surface area (Å²) in [5, 5.41) is 0. The highest BCUT2D eigenvalue weighted by atomic mass is 79.9. The molecule has 106 valence electrons. The lowest BCUT2D eigenvalue weighted by molar-refractivity contribution is 0.298. The molecule has 0 aliphatic carbocycles. The molecule has 2 aromatic carbocycles. The molecule has 0 saturated carbocycles. The first-order valence-corrected chi connectivity index (χ1v) is 6.89. The van der Waals surface area contributed by atoms with Crippen LogP contribution >= 0.6 is 15.9 Å². The second-order valence-corrected chi connectivity index (χ2v) is 5.27. The molecule has 0 bridgehead atoms. The Morgan fingerprint density at radius 3 is 2.70 bits per heavy atom. The van der Waals surface area contributed by atoms with Gasteiger partial charge in [0.1, 0.15) is 24.0 Å². The van der Waals surface area contributed by atoms with Crippen molar-refractivity contribution in [2.24, 2.45) is 5.73 Å². The van der Waals surface area contributed by atoms with Gasteiger partial charge in [0.15, 0.2) is 0 Å². The Bertz CT molecular complexity index is 617. The van der Waals surface area contributed by atoms with E-state index in [-0.39, 0.29) is 18.5 Å². The van der Waals surface area contributed by atoms with Gasteiger partial charge in [-0.2, -0.15) is 0 Å². The lowest BCUT2D eigenvalue weighted by Crippen LogP contribution is -2.08. The molecule has 0 aromatic heterocycles. The molecule has 0 fully saturated rings. The monoisotopic (exact) mass is 341 g/mol. The van der Waals surface area contributed by atoms with Crippen LogP contribution in [0.25, 0.3) is 0 Å². The van der Waals surface area contributed by atoms with E-state index in [0.717, 1.165) is 0 Å². The van der Waals surface area contributed by atoms with Crippen molar-refractivity contribution in [2.45, 2.75) is 19.6 Å². The number of benzene rings is 2. The normalized spacial score (nSPS) is 12.2. The van der Waals surface area contributed by atoms with Gasteiger partial charge in [-0.25, -0.2) is 8.78 Å². The van der Waals surface area contributed by atoms with Crippen molar-refractivity contribution in [3.05, 3.63) is 63.6 Å². The summed E-state index contributed by atoms with van der Waals surface area (Å²) in [6, 6.07) is 8.62. The average Bonchev–Trinajstić information content (AvgIpc) is 2.40. The Hall–Kier alpha value is -1.46. The molecule has 1 atom stereocenters. The Labute approximate surface area is 124 Å². The van der Waals surface area contributed by atoms with Crippen LogP contribution in [0.15, 0.2) is 40.9 Å². The van der Waals surface area contributed by atoms with Crippen molar-refractivity contribution in [3.63, 3.8) is 0 Å². The maximum absolute atomic E-state index is 13.4. The zero-order valence-corrected chi connectivity index (χ0v) is 12.5. The van der Waals surface area contributed by atoms with E-state index in [0.29, 0.717) is 21.3 Å². The molecule has 0 aliphatic rings. The first kappa shape index (κ1) is 14.9. The molecule has 20 heavy (non-hydrogen) atoms. The second-order valence-electron chi connectivity index (χ2n) is 4.47. The third-order valence-corrected chi connectivity index (χ3v) is 3.77. The minimum absolute atomic E-state index is 0.127. The Morgan fingerprint density at radius 2 is 2.00 bits per heavy atom. The molecule has 0 amide bonds. The molecule has 0 aliphatic heterocycles. The largest absolute Gasteiger partial charge is 0.488 e. The molecule has 2 nitrogen and oxygen atoms in total. The Kier molecular flexibility index (Phi) is 4.73. The van der Waals surface area contributed by atoms with Gasteiger partial charge in [-0.05, 0) is 35.0 Å². The molecular weight excluding hydrogens is 328 g/mol. The molecule has 2 aromatic rings. The predicted molar refractivity (Wildman–Crippen MR) is 77.4 cm³/mol. The first-order valence-electron chi connectivity index (χ1n) is 6.09. The summed E-state index contributed by atoms with van der Waals surface area (Å²) in [6.45, 7) is 1.92. The number of nitrogens with two attached hydrogens (primary N) is 1. The van der Waals surface area contributed by atoms with Gasteiger partial charge in [-0.3, -0.25) is 0 Å². The summed E-state index contributed by atoms with van der Waals surface area (Å²) in [7, 11) is 0. The highest BCUT2D eigenvalue weighted by Crippen LogP contribution is 2.27. The van der Waals surface area contributed by atoms with Crippen molar-refractivity contribution < 1.29 is 13.5 Å². The van der Waals surface area contributed by atoms with E-state index in [1.54, 1.807) is 25.1 Å². The summed E-state index contributed by atoms with van der Waals surface area (Å²) in [5.74, 6) is -0.392. The number of hydrogen-bond donors (Lipinski definition) is 1. The number of ether oxygens (including phenoxy) is 1. The zero-order valence-electron chi connectivity index (χ0n) is 10.9. The van der Waals surface area contributed by atoms with E-state index in [4.69, 9.17) is 10.5 Å². The van der Waals surface area contributed by atoms with Crippen LogP contribution in [-0.2, 0) is 6.61 Å². The molecule has 1 unspecified atom stereocenters. The fourth-order valence-corrected chi connectivity index (χ4v) is 2.20. The molecule has 0 spiro atoms. The summed E-state index contributed by atoms with van der Waals surface area (Å²) >= 11 is 3.16. The van der Waals surface area contributed by atoms with Crippen LogP contribution in [0.5, 0.6) is 5.75 Å². The predicted octanol–water partition coefficient (Wildman–Crippen LogP) is 4.33. The Morgan fingerprint density at radius 1 is 1.25 bits per heavy atom. The SMILES string of the molecule is CC(N)c1ccc(F)cc1OCc1cccc(F)c1Br. The summed E-state index contributed by atoms with van der Waals surface area (Å²) in [4.78, 5) is 0. The average molecular weight is 342 g/mol. The standard InChI is InChI=1S/C15H14BrF2NO/c1-9(19)12-6-5-11(17)7-14(12)20-8-10-3-2-4-13(18)15(10)16/h2-7,9H,8,19H2,1H3. The molecule has 2 N–H and O–H groups in total. The topological polar surface area (TPSA) is 35.2 Å². The van der Waals surface area contributed by atoms with Gasteiger partial charge in [0, 0.05) is 23.2 Å². The van der Waals surface area contributed by atoms with Gasteiger partial charge in [-0.15, -0.1) is 0 Å². The van der Waals surface area contributed by atoms with Crippen molar-refractivity contribution in [1.29, 1.82) is 0 Å². The van der Waals surface area contributed by atoms with Crippen LogP contribution in [0.4, 0.5) is 8.78 Å². The van der Waals surface area contributed by atoms with Crippen molar-refractivity contribution in [1.82, 2.24) is 0 Å². The van der Waals surface area contributed by atoms with Crippen LogP contribution in [0, 0.1) is 11.6 Å². The first-order chi connectivity index (χ1) is 9.49. The zero-order chi connectivity index (χ0) is 14.7. The number of halogens is 3. The van der Waals surface area contributed by atoms with Crippen molar-refractivity contribution in [2.75, 3.05) is 0 Å². The fraction of sp³-hybridized carbons (Fsp3) is 0.200. The van der Waals surface area contributed by atoms with E-state index < -0.39 is 5.82 Å². The maximum atomic E-state index is 13.4. The summed E-state index contributed by atoms with van der Waals surface area (Å²) < 4.78 is 32.6. The fourth-order valence-electron chi connectivity index (χ4n) is 1.82. The smallest absolute Gasteiger partial charge is 0.137 e. The van der Waals surface area contributed by atoms with Crippen molar-refractivity contribution in [3.8, 4) is 5.75 Å². The van der Waals surface area contributed by atoms with Crippen LogP contribution in [0.2, 0.25) is 0 Å². The van der Waals surface area contributed by atoms with Crippen LogP contribution in [0.3, 0.4) is 0 Å². The van der Waals surface area contributed by atoms with Gasteiger partial charge >= 0.3 is 0 Å². The van der Waals surface area contributed by atoms with Gasteiger partial charge < -0.3 is 10.5 Å². The lowest BCUT2D eigenvalue weighted by Gasteiger charge is -2.14. The quantitative estimate of drug-likeness (QED) is 0.898. The third kappa shape index (κ3) is 3.35. The minimum Gasteiger partial charge on any atom is -0.488 e. The van der Waals surface area contributed by atoms with Gasteiger partial charge in [0.05, 0.1) is 4.47 Å². The van der Waals surface area contributed by atoms with Crippen LogP contribution in [0.1, 0.15) is 24.1 Å². The highest BCUT2D eigenvalue weighted by Gasteiger charge is 2.11. The maximum Gasteiger partial charge on any atom is 0.137 e. The molecule has 0 heterocycles. The second kappa shape index (κ2) is 6.33.